The molecule has 0 fully saturated rings. The number of hydrogen-bond acceptors (Lipinski definition) is 4. The highest BCUT2D eigenvalue weighted by atomic mass is 15.1. The van der Waals surface area contributed by atoms with Crippen molar-refractivity contribution in [1.82, 2.24) is 19.5 Å². The Hall–Kier alpha value is -1.91. The largest absolute Gasteiger partial charge is 0.368 e. The van der Waals surface area contributed by atoms with Gasteiger partial charge in [-0.2, -0.15) is 4.98 Å². The number of nitrogens with zero attached hydrogens (tertiary/aromatic N) is 4. The lowest BCUT2D eigenvalue weighted by molar-refractivity contribution is 0.723. The molecule has 0 aliphatic heterocycles. The predicted octanol–water partition coefficient (Wildman–Crippen LogP) is 1.37. The molecule has 2 rings (SSSR count). The minimum absolute atomic E-state index is 0.287. The first-order valence-electron chi connectivity index (χ1n) is 4.86. The van der Waals surface area contributed by atoms with Crippen LogP contribution in [-0.4, -0.2) is 19.5 Å². The number of rotatable bonds is 3. The normalized spacial score (nSPS) is 11.5. The lowest BCUT2D eigenvalue weighted by Crippen LogP contribution is -1.99. The van der Waals surface area contributed by atoms with Crippen molar-refractivity contribution in [2.45, 2.75) is 19.9 Å². The van der Waals surface area contributed by atoms with Gasteiger partial charge in [0.15, 0.2) is 5.65 Å². The van der Waals surface area contributed by atoms with E-state index in [0.29, 0.717) is 0 Å². The van der Waals surface area contributed by atoms with E-state index < -0.39 is 0 Å². The van der Waals surface area contributed by atoms with Crippen molar-refractivity contribution in [2.24, 2.45) is 0 Å². The molecular formula is C10H13N5. The molecule has 0 aliphatic carbocycles. The highest BCUT2D eigenvalue weighted by Gasteiger charge is 2.03. The lowest BCUT2D eigenvalue weighted by atomic mass is 10.4. The van der Waals surface area contributed by atoms with Gasteiger partial charge in [0.2, 0.25) is 5.95 Å². The predicted molar refractivity (Wildman–Crippen MR) is 59.2 cm³/mol. The monoisotopic (exact) mass is 203 g/mol. The Labute approximate surface area is 87.7 Å². The topological polar surface area (TPSA) is 69.6 Å². The maximum atomic E-state index is 5.53. The van der Waals surface area contributed by atoms with E-state index in [1.54, 1.807) is 12.5 Å². The Balaban J connectivity index is 2.31. The summed E-state index contributed by atoms with van der Waals surface area (Å²) >= 11 is 0. The third-order valence-corrected chi connectivity index (χ3v) is 2.15. The number of fused-ring (bicyclic) bond motifs is 1. The first-order valence-corrected chi connectivity index (χ1v) is 4.86. The molecule has 0 spiro atoms. The molecule has 5 heteroatoms. The van der Waals surface area contributed by atoms with Gasteiger partial charge in [-0.3, -0.25) is 0 Å². The van der Waals surface area contributed by atoms with Gasteiger partial charge in [-0.1, -0.05) is 12.2 Å². The smallest absolute Gasteiger partial charge is 0.222 e. The number of nitrogens with two attached hydrogens (primary N) is 1. The SMILES string of the molecule is C/C=C\CCn1cnc2cnc(N)nc21. The second kappa shape index (κ2) is 4.08. The molecule has 0 bridgehead atoms. The van der Waals surface area contributed by atoms with Crippen LogP contribution in [0.1, 0.15) is 13.3 Å². The number of anilines is 1. The molecule has 5 nitrogen and oxygen atoms in total. The van der Waals surface area contributed by atoms with Crippen LogP contribution in [0.4, 0.5) is 5.95 Å². The molecule has 0 amide bonds. The fraction of sp³-hybridized carbons (Fsp3) is 0.300. The fourth-order valence-electron chi connectivity index (χ4n) is 1.41. The van der Waals surface area contributed by atoms with E-state index in [0.717, 1.165) is 24.1 Å². The summed E-state index contributed by atoms with van der Waals surface area (Å²) < 4.78 is 1.98. The van der Waals surface area contributed by atoms with Crippen LogP contribution >= 0.6 is 0 Å². The molecule has 0 aromatic carbocycles. The van der Waals surface area contributed by atoms with Crippen molar-refractivity contribution in [1.29, 1.82) is 0 Å². The van der Waals surface area contributed by atoms with Crippen LogP contribution in [-0.2, 0) is 6.54 Å². The van der Waals surface area contributed by atoms with Crippen LogP contribution in [0.25, 0.3) is 11.2 Å². The van der Waals surface area contributed by atoms with E-state index in [-0.39, 0.29) is 5.95 Å². The summed E-state index contributed by atoms with van der Waals surface area (Å²) in [7, 11) is 0. The number of aromatic nitrogens is 4. The third kappa shape index (κ3) is 1.96. The molecule has 0 saturated heterocycles. The Kier molecular flexibility index (Phi) is 2.62. The van der Waals surface area contributed by atoms with E-state index in [2.05, 4.69) is 21.0 Å². The molecule has 0 unspecified atom stereocenters. The number of hydrogen-bond donors (Lipinski definition) is 1. The number of nitrogen functional groups attached to an aromatic ring is 1. The summed E-state index contributed by atoms with van der Waals surface area (Å²) in [5.74, 6) is 0.287. The maximum Gasteiger partial charge on any atom is 0.222 e. The Morgan fingerprint density at radius 3 is 3.13 bits per heavy atom. The van der Waals surface area contributed by atoms with Gasteiger partial charge in [0.25, 0.3) is 0 Å². The second-order valence-corrected chi connectivity index (χ2v) is 3.23. The van der Waals surface area contributed by atoms with Crippen LogP contribution in [0.2, 0.25) is 0 Å². The second-order valence-electron chi connectivity index (χ2n) is 3.23. The Morgan fingerprint density at radius 1 is 1.47 bits per heavy atom. The molecule has 15 heavy (non-hydrogen) atoms. The van der Waals surface area contributed by atoms with Gasteiger partial charge in [-0.15, -0.1) is 0 Å². The van der Waals surface area contributed by atoms with E-state index in [9.17, 15) is 0 Å². The van der Waals surface area contributed by atoms with Gasteiger partial charge in [-0.25, -0.2) is 9.97 Å². The summed E-state index contributed by atoms with van der Waals surface area (Å²) in [6, 6.07) is 0. The van der Waals surface area contributed by atoms with Gasteiger partial charge < -0.3 is 10.3 Å². The van der Waals surface area contributed by atoms with Crippen LogP contribution < -0.4 is 5.73 Å². The van der Waals surface area contributed by atoms with E-state index in [1.807, 2.05) is 17.6 Å². The first kappa shape index (κ1) is 9.64. The van der Waals surface area contributed by atoms with Crippen molar-refractivity contribution in [3.63, 3.8) is 0 Å². The summed E-state index contributed by atoms with van der Waals surface area (Å²) in [6.07, 6.45) is 8.51. The minimum atomic E-state index is 0.287. The maximum absolute atomic E-state index is 5.53. The minimum Gasteiger partial charge on any atom is -0.368 e. The average molecular weight is 203 g/mol. The molecule has 0 radical (unpaired) electrons. The highest BCUT2D eigenvalue weighted by Crippen LogP contribution is 2.10. The van der Waals surface area contributed by atoms with Crippen LogP contribution in [0.15, 0.2) is 24.7 Å². The molecule has 2 aromatic heterocycles. The van der Waals surface area contributed by atoms with E-state index in [1.165, 1.54) is 0 Å². The average Bonchev–Trinajstić information content (AvgIpc) is 2.62. The summed E-state index contributed by atoms with van der Waals surface area (Å²) in [6.45, 7) is 2.86. The molecule has 0 saturated carbocycles. The zero-order chi connectivity index (χ0) is 10.7. The highest BCUT2D eigenvalue weighted by molar-refractivity contribution is 5.70. The Bertz CT molecular complexity index is 486. The van der Waals surface area contributed by atoms with E-state index in [4.69, 9.17) is 5.73 Å². The third-order valence-electron chi connectivity index (χ3n) is 2.15. The Morgan fingerprint density at radius 2 is 2.33 bits per heavy atom. The van der Waals surface area contributed by atoms with Gasteiger partial charge in [-0.05, 0) is 13.3 Å². The molecule has 0 atom stereocenters. The fourth-order valence-corrected chi connectivity index (χ4v) is 1.41. The standard InChI is InChI=1S/C10H13N5/c1-2-3-4-5-15-7-13-8-6-12-10(11)14-9(8)15/h2-3,6-7H,4-5H2,1H3,(H2,11,12,14)/b3-2-. The quantitative estimate of drug-likeness (QED) is 0.765. The zero-order valence-electron chi connectivity index (χ0n) is 8.59. The number of aryl methyl sites for hydroxylation is 1. The van der Waals surface area contributed by atoms with Crippen molar-refractivity contribution in [3.8, 4) is 0 Å². The van der Waals surface area contributed by atoms with Gasteiger partial charge in [0.05, 0.1) is 12.5 Å². The van der Waals surface area contributed by atoms with Crippen LogP contribution in [0, 0.1) is 0 Å². The van der Waals surface area contributed by atoms with Crippen molar-refractivity contribution < 1.29 is 0 Å². The molecule has 2 N–H and O–H groups in total. The number of imidazole rings is 1. The van der Waals surface area contributed by atoms with Gasteiger partial charge >= 0.3 is 0 Å². The first-order chi connectivity index (χ1) is 7.31. The van der Waals surface area contributed by atoms with Crippen molar-refractivity contribution in [2.75, 3.05) is 5.73 Å². The molecule has 0 aliphatic rings. The van der Waals surface area contributed by atoms with Gasteiger partial charge in [0, 0.05) is 6.54 Å². The molecule has 2 aromatic rings. The lowest BCUT2D eigenvalue weighted by Gasteiger charge is -2.00. The zero-order valence-corrected chi connectivity index (χ0v) is 8.59. The summed E-state index contributed by atoms with van der Waals surface area (Å²) in [5.41, 5.74) is 7.11. The van der Waals surface area contributed by atoms with Gasteiger partial charge in [0.1, 0.15) is 5.52 Å². The van der Waals surface area contributed by atoms with E-state index >= 15 is 0 Å². The molecule has 78 valence electrons. The summed E-state index contributed by atoms with van der Waals surface area (Å²) in [5, 5.41) is 0. The van der Waals surface area contributed by atoms with Crippen LogP contribution in [0.5, 0.6) is 0 Å². The number of allylic oxidation sites excluding steroid dienone is 2. The molecular weight excluding hydrogens is 190 g/mol. The van der Waals surface area contributed by atoms with Crippen LogP contribution in [0.3, 0.4) is 0 Å². The van der Waals surface area contributed by atoms with Crippen molar-refractivity contribution in [3.05, 3.63) is 24.7 Å². The summed E-state index contributed by atoms with van der Waals surface area (Å²) in [4.78, 5) is 12.2. The molecule has 2 heterocycles. The van der Waals surface area contributed by atoms with Crippen molar-refractivity contribution >= 4 is 17.1 Å².